The summed E-state index contributed by atoms with van der Waals surface area (Å²) in [4.78, 5) is 2.69. The molecule has 1 N–H and O–H groups in total. The van der Waals surface area contributed by atoms with Crippen LogP contribution in [0.3, 0.4) is 0 Å². The van der Waals surface area contributed by atoms with Gasteiger partial charge >= 0.3 is 0 Å². The molecule has 102 valence electrons. The van der Waals surface area contributed by atoms with E-state index in [1.165, 1.54) is 51.6 Å². The Morgan fingerprint density at radius 2 is 2.00 bits per heavy atom. The van der Waals surface area contributed by atoms with Crippen molar-refractivity contribution in [3.63, 3.8) is 0 Å². The Kier molecular flexibility index (Phi) is 7.14. The quantitative estimate of drug-likeness (QED) is 0.655. The molecule has 0 spiro atoms. The fourth-order valence-electron chi connectivity index (χ4n) is 3.06. The molecule has 2 atom stereocenters. The fraction of sp³-hybridized carbons (Fsp3) is 1.00. The van der Waals surface area contributed by atoms with Crippen molar-refractivity contribution in [2.45, 2.75) is 71.4 Å². The van der Waals surface area contributed by atoms with E-state index in [-0.39, 0.29) is 0 Å². The van der Waals surface area contributed by atoms with Crippen molar-refractivity contribution in [1.82, 2.24) is 10.2 Å². The zero-order valence-corrected chi connectivity index (χ0v) is 12.3. The van der Waals surface area contributed by atoms with Gasteiger partial charge in [-0.25, -0.2) is 0 Å². The van der Waals surface area contributed by atoms with Gasteiger partial charge < -0.3 is 10.2 Å². The average Bonchev–Trinajstić information content (AvgIpc) is 2.75. The Morgan fingerprint density at radius 3 is 2.59 bits per heavy atom. The van der Waals surface area contributed by atoms with Crippen LogP contribution in [0, 0.1) is 5.92 Å². The molecule has 1 saturated carbocycles. The van der Waals surface area contributed by atoms with Gasteiger partial charge in [-0.15, -0.1) is 0 Å². The Balaban J connectivity index is 2.37. The first-order valence-electron chi connectivity index (χ1n) is 7.60. The Bertz CT molecular complexity index is 191. The molecule has 1 fully saturated rings. The van der Waals surface area contributed by atoms with Crippen molar-refractivity contribution in [3.05, 3.63) is 0 Å². The molecule has 17 heavy (non-hydrogen) atoms. The highest BCUT2D eigenvalue weighted by Gasteiger charge is 2.27. The lowest BCUT2D eigenvalue weighted by Crippen LogP contribution is -2.41. The number of nitrogens with one attached hydrogen (secondary N) is 1. The van der Waals surface area contributed by atoms with E-state index in [1.807, 2.05) is 0 Å². The van der Waals surface area contributed by atoms with E-state index in [4.69, 9.17) is 0 Å². The smallest absolute Gasteiger partial charge is 0.0104 e. The first-order valence-corrected chi connectivity index (χ1v) is 7.60. The molecule has 0 saturated heterocycles. The van der Waals surface area contributed by atoms with Crippen LogP contribution in [0.25, 0.3) is 0 Å². The number of rotatable bonds is 8. The minimum atomic E-state index is 0.699. The average molecular weight is 240 g/mol. The van der Waals surface area contributed by atoms with Crippen molar-refractivity contribution in [2.24, 2.45) is 5.92 Å². The molecule has 0 aliphatic heterocycles. The van der Waals surface area contributed by atoms with Crippen LogP contribution < -0.4 is 5.32 Å². The lowest BCUT2D eigenvalue weighted by Gasteiger charge is -2.31. The molecular formula is C15H32N2. The normalized spacial score (nSPS) is 25.1. The van der Waals surface area contributed by atoms with Crippen molar-refractivity contribution >= 4 is 0 Å². The first kappa shape index (κ1) is 15.0. The van der Waals surface area contributed by atoms with E-state index < -0.39 is 0 Å². The molecule has 2 heteroatoms. The lowest BCUT2D eigenvalue weighted by molar-refractivity contribution is 0.173. The van der Waals surface area contributed by atoms with Gasteiger partial charge in [-0.1, -0.05) is 26.2 Å². The fourth-order valence-corrected chi connectivity index (χ4v) is 3.06. The van der Waals surface area contributed by atoms with Gasteiger partial charge in [0.1, 0.15) is 0 Å². The molecule has 0 aromatic rings. The summed E-state index contributed by atoms with van der Waals surface area (Å²) in [7, 11) is 2.12. The monoisotopic (exact) mass is 240 g/mol. The van der Waals surface area contributed by atoms with Gasteiger partial charge in [-0.3, -0.25) is 0 Å². The summed E-state index contributed by atoms with van der Waals surface area (Å²) in [6.45, 7) is 9.56. The third-order valence-corrected chi connectivity index (χ3v) is 4.28. The highest BCUT2D eigenvalue weighted by Crippen LogP contribution is 2.26. The van der Waals surface area contributed by atoms with Crippen molar-refractivity contribution < 1.29 is 0 Å². The van der Waals surface area contributed by atoms with Crippen LogP contribution in [0.15, 0.2) is 0 Å². The molecule has 1 aliphatic carbocycles. The van der Waals surface area contributed by atoms with Gasteiger partial charge in [0.15, 0.2) is 0 Å². The zero-order valence-electron chi connectivity index (χ0n) is 12.3. The predicted octanol–water partition coefficient (Wildman–Crippen LogP) is 3.28. The van der Waals surface area contributed by atoms with E-state index in [0.717, 1.165) is 12.0 Å². The Hall–Kier alpha value is -0.0800. The molecule has 0 amide bonds. The minimum Gasteiger partial charge on any atom is -0.317 e. The second-order valence-corrected chi connectivity index (χ2v) is 5.88. The van der Waals surface area contributed by atoms with Gasteiger partial charge in [0.05, 0.1) is 0 Å². The zero-order chi connectivity index (χ0) is 12.7. The van der Waals surface area contributed by atoms with Gasteiger partial charge in [0.2, 0.25) is 0 Å². The Labute approximate surface area is 108 Å². The summed E-state index contributed by atoms with van der Waals surface area (Å²) in [6, 6.07) is 1.47. The molecule has 1 aliphatic rings. The van der Waals surface area contributed by atoms with E-state index in [2.05, 4.69) is 38.0 Å². The van der Waals surface area contributed by atoms with Gasteiger partial charge in [0, 0.05) is 18.6 Å². The van der Waals surface area contributed by atoms with Crippen LogP contribution in [-0.4, -0.2) is 37.1 Å². The predicted molar refractivity (Wildman–Crippen MR) is 76.4 cm³/mol. The first-order chi connectivity index (χ1) is 8.19. The van der Waals surface area contributed by atoms with Crippen LogP contribution in [-0.2, 0) is 0 Å². The third kappa shape index (κ3) is 4.97. The van der Waals surface area contributed by atoms with Crippen molar-refractivity contribution in [3.8, 4) is 0 Å². The highest BCUT2D eigenvalue weighted by molar-refractivity contribution is 4.84. The summed E-state index contributed by atoms with van der Waals surface area (Å²) in [6.07, 6.45) is 8.28. The second kappa shape index (κ2) is 8.10. The van der Waals surface area contributed by atoms with E-state index in [9.17, 15) is 0 Å². The molecule has 2 unspecified atom stereocenters. The summed E-state index contributed by atoms with van der Waals surface area (Å²) >= 11 is 0. The standard InChI is InChI=1S/C15H32N2/c1-5-6-7-11-17(13(2)3)12-14-9-8-10-15(14)16-4/h13-16H,5-12H2,1-4H3. The van der Waals surface area contributed by atoms with Crippen LogP contribution in [0.4, 0.5) is 0 Å². The van der Waals surface area contributed by atoms with Crippen molar-refractivity contribution in [1.29, 1.82) is 0 Å². The van der Waals surface area contributed by atoms with Crippen LogP contribution in [0.2, 0.25) is 0 Å². The van der Waals surface area contributed by atoms with Gasteiger partial charge in [-0.2, -0.15) is 0 Å². The maximum atomic E-state index is 3.50. The molecule has 0 radical (unpaired) electrons. The summed E-state index contributed by atoms with van der Waals surface area (Å²) in [5, 5.41) is 3.50. The largest absolute Gasteiger partial charge is 0.317 e. The lowest BCUT2D eigenvalue weighted by atomic mass is 10.0. The van der Waals surface area contributed by atoms with E-state index >= 15 is 0 Å². The molecular weight excluding hydrogens is 208 g/mol. The van der Waals surface area contributed by atoms with Crippen molar-refractivity contribution in [2.75, 3.05) is 20.1 Å². The summed E-state index contributed by atoms with van der Waals surface area (Å²) in [5.41, 5.74) is 0. The highest BCUT2D eigenvalue weighted by atomic mass is 15.1. The van der Waals surface area contributed by atoms with Gasteiger partial charge in [-0.05, 0) is 52.6 Å². The van der Waals surface area contributed by atoms with Crippen LogP contribution in [0.5, 0.6) is 0 Å². The van der Waals surface area contributed by atoms with Crippen LogP contribution in [0.1, 0.15) is 59.3 Å². The topological polar surface area (TPSA) is 15.3 Å². The maximum absolute atomic E-state index is 3.50. The molecule has 0 aromatic heterocycles. The molecule has 1 rings (SSSR count). The van der Waals surface area contributed by atoms with E-state index in [0.29, 0.717) is 6.04 Å². The number of hydrogen-bond acceptors (Lipinski definition) is 2. The van der Waals surface area contributed by atoms with Crippen LogP contribution >= 0.6 is 0 Å². The third-order valence-electron chi connectivity index (χ3n) is 4.28. The molecule has 0 heterocycles. The van der Waals surface area contributed by atoms with E-state index in [1.54, 1.807) is 0 Å². The Morgan fingerprint density at radius 1 is 1.24 bits per heavy atom. The molecule has 0 bridgehead atoms. The minimum absolute atomic E-state index is 0.699. The maximum Gasteiger partial charge on any atom is 0.0104 e. The summed E-state index contributed by atoms with van der Waals surface area (Å²) < 4.78 is 0. The molecule has 0 aromatic carbocycles. The number of unbranched alkanes of at least 4 members (excludes halogenated alkanes) is 2. The SMILES string of the molecule is CCCCCN(CC1CCCC1NC)C(C)C. The molecule has 2 nitrogen and oxygen atoms in total. The number of nitrogens with zero attached hydrogens (tertiary/aromatic N) is 1. The summed E-state index contributed by atoms with van der Waals surface area (Å²) in [5.74, 6) is 0.879. The van der Waals surface area contributed by atoms with Gasteiger partial charge in [0.25, 0.3) is 0 Å². The number of hydrogen-bond donors (Lipinski definition) is 1. The second-order valence-electron chi connectivity index (χ2n) is 5.88.